The van der Waals surface area contributed by atoms with E-state index in [0.717, 1.165) is 0 Å². The number of hydrogen-bond donors (Lipinski definition) is 0. The molecule has 0 atom stereocenters. The molecule has 0 aromatic carbocycles. The molecule has 2 amide bonds. The van der Waals surface area contributed by atoms with Gasteiger partial charge in [0.1, 0.15) is 5.76 Å². The number of rotatable bonds is 4. The number of aromatic nitrogens is 1. The lowest BCUT2D eigenvalue weighted by Crippen LogP contribution is -2.45. The Morgan fingerprint density at radius 2 is 2.00 bits per heavy atom. The van der Waals surface area contributed by atoms with Gasteiger partial charge in [0, 0.05) is 25.6 Å². The molecule has 0 bridgehead atoms. The number of ether oxygens (including phenoxy) is 1. The van der Waals surface area contributed by atoms with Gasteiger partial charge in [-0.1, -0.05) is 5.16 Å². The monoisotopic (exact) mass is 295 g/mol. The highest BCUT2D eigenvalue weighted by molar-refractivity contribution is 5.94. The van der Waals surface area contributed by atoms with Crippen molar-refractivity contribution in [2.45, 2.75) is 26.2 Å². The van der Waals surface area contributed by atoms with Gasteiger partial charge in [-0.15, -0.1) is 0 Å². The Kier molecular flexibility index (Phi) is 4.56. The average Bonchev–Trinajstić information content (AvgIpc) is 3.12. The molecule has 0 saturated carbocycles. The van der Waals surface area contributed by atoms with Gasteiger partial charge in [-0.3, -0.25) is 19.4 Å². The highest BCUT2D eigenvalue weighted by atomic mass is 16.5. The van der Waals surface area contributed by atoms with E-state index in [-0.39, 0.29) is 30.3 Å². The molecule has 8 heteroatoms. The van der Waals surface area contributed by atoms with Gasteiger partial charge in [0.05, 0.1) is 13.5 Å². The van der Waals surface area contributed by atoms with Crippen molar-refractivity contribution in [2.75, 3.05) is 20.2 Å². The second-order valence-corrected chi connectivity index (χ2v) is 4.70. The Balaban J connectivity index is 2.01. The molecule has 1 aliphatic rings. The van der Waals surface area contributed by atoms with Crippen LogP contribution in [-0.4, -0.2) is 53.2 Å². The maximum Gasteiger partial charge on any atom is 0.306 e. The largest absolute Gasteiger partial charge is 0.469 e. The summed E-state index contributed by atoms with van der Waals surface area (Å²) in [5.41, 5.74) is 0.167. The highest BCUT2D eigenvalue weighted by Gasteiger charge is 2.32. The first-order valence-corrected chi connectivity index (χ1v) is 6.65. The fourth-order valence-corrected chi connectivity index (χ4v) is 2.12. The Labute approximate surface area is 121 Å². The fourth-order valence-electron chi connectivity index (χ4n) is 2.12. The van der Waals surface area contributed by atoms with Crippen molar-refractivity contribution in [3.8, 4) is 0 Å². The van der Waals surface area contributed by atoms with Gasteiger partial charge >= 0.3 is 5.97 Å². The van der Waals surface area contributed by atoms with Crippen LogP contribution in [-0.2, 0) is 14.3 Å². The van der Waals surface area contributed by atoms with Crippen LogP contribution in [0, 0.1) is 6.92 Å². The van der Waals surface area contributed by atoms with Crippen molar-refractivity contribution in [1.82, 2.24) is 15.2 Å². The second-order valence-electron chi connectivity index (χ2n) is 4.70. The van der Waals surface area contributed by atoms with Crippen LogP contribution >= 0.6 is 0 Å². The summed E-state index contributed by atoms with van der Waals surface area (Å²) in [6.45, 7) is 2.57. The van der Waals surface area contributed by atoms with E-state index in [1.807, 2.05) is 0 Å². The molecule has 0 unspecified atom stereocenters. The third kappa shape index (κ3) is 3.39. The molecule has 0 aliphatic carbocycles. The number of methoxy groups -OCH3 is 1. The van der Waals surface area contributed by atoms with Crippen LogP contribution in [0.3, 0.4) is 0 Å². The summed E-state index contributed by atoms with van der Waals surface area (Å²) < 4.78 is 9.37. The summed E-state index contributed by atoms with van der Waals surface area (Å²) in [6.07, 6.45) is 0.692. The van der Waals surface area contributed by atoms with Crippen LogP contribution in [0.25, 0.3) is 0 Å². The zero-order valence-corrected chi connectivity index (χ0v) is 12.0. The van der Waals surface area contributed by atoms with Crippen molar-refractivity contribution in [1.29, 1.82) is 0 Å². The Hall–Kier alpha value is -2.38. The average molecular weight is 295 g/mol. The van der Waals surface area contributed by atoms with E-state index in [2.05, 4.69) is 9.89 Å². The Bertz CT molecular complexity index is 554. The molecule has 1 aromatic rings. The van der Waals surface area contributed by atoms with E-state index in [4.69, 9.17) is 4.52 Å². The Morgan fingerprint density at radius 1 is 1.29 bits per heavy atom. The normalized spacial score (nSPS) is 14.4. The molecular weight excluding hydrogens is 278 g/mol. The predicted octanol–water partition coefficient (Wildman–Crippen LogP) is 0.526. The SMILES string of the molecule is COC(=O)CCC(=O)N1CCCN1C(=O)c1cc(C)on1. The van der Waals surface area contributed by atoms with Crippen molar-refractivity contribution in [2.24, 2.45) is 0 Å². The van der Waals surface area contributed by atoms with E-state index in [0.29, 0.717) is 25.3 Å². The lowest BCUT2D eigenvalue weighted by atomic mass is 10.3. The van der Waals surface area contributed by atoms with E-state index >= 15 is 0 Å². The van der Waals surface area contributed by atoms with Crippen LogP contribution in [0.2, 0.25) is 0 Å². The van der Waals surface area contributed by atoms with Gasteiger partial charge in [-0.25, -0.2) is 5.01 Å². The van der Waals surface area contributed by atoms with Crippen LogP contribution in [0.4, 0.5) is 0 Å². The molecule has 0 radical (unpaired) electrons. The summed E-state index contributed by atoms with van der Waals surface area (Å²) in [4.78, 5) is 35.5. The van der Waals surface area contributed by atoms with Gasteiger partial charge in [-0.05, 0) is 13.3 Å². The molecule has 1 saturated heterocycles. The fraction of sp³-hybridized carbons (Fsp3) is 0.538. The van der Waals surface area contributed by atoms with Crippen LogP contribution in [0.15, 0.2) is 10.6 Å². The topological polar surface area (TPSA) is 93.0 Å². The minimum Gasteiger partial charge on any atom is -0.469 e. The lowest BCUT2D eigenvalue weighted by molar-refractivity contribution is -0.146. The van der Waals surface area contributed by atoms with E-state index in [1.54, 1.807) is 6.92 Å². The number of carbonyl (C=O) groups excluding carboxylic acids is 3. The zero-order valence-electron chi connectivity index (χ0n) is 12.0. The molecule has 1 aromatic heterocycles. The maximum absolute atomic E-state index is 12.3. The quantitative estimate of drug-likeness (QED) is 0.752. The number of amides is 2. The first-order valence-electron chi connectivity index (χ1n) is 6.65. The molecule has 21 heavy (non-hydrogen) atoms. The summed E-state index contributed by atoms with van der Waals surface area (Å²) in [7, 11) is 1.27. The number of hydrazine groups is 1. The molecule has 2 rings (SSSR count). The predicted molar refractivity (Wildman–Crippen MR) is 69.9 cm³/mol. The summed E-state index contributed by atoms with van der Waals surface area (Å²) in [5, 5.41) is 6.36. The van der Waals surface area contributed by atoms with E-state index in [9.17, 15) is 14.4 Å². The molecule has 0 N–H and O–H groups in total. The van der Waals surface area contributed by atoms with Crippen LogP contribution < -0.4 is 0 Å². The first-order chi connectivity index (χ1) is 10.0. The lowest BCUT2D eigenvalue weighted by Gasteiger charge is -2.27. The highest BCUT2D eigenvalue weighted by Crippen LogP contribution is 2.16. The number of nitrogens with zero attached hydrogens (tertiary/aromatic N) is 3. The van der Waals surface area contributed by atoms with Crippen molar-refractivity contribution in [3.05, 3.63) is 17.5 Å². The van der Waals surface area contributed by atoms with Crippen molar-refractivity contribution in [3.63, 3.8) is 0 Å². The number of carbonyl (C=O) groups is 3. The molecule has 2 heterocycles. The molecular formula is C13H17N3O5. The van der Waals surface area contributed by atoms with E-state index < -0.39 is 5.97 Å². The molecule has 1 aliphatic heterocycles. The van der Waals surface area contributed by atoms with E-state index in [1.165, 1.54) is 23.2 Å². The first kappa shape index (κ1) is 15.0. The van der Waals surface area contributed by atoms with Gasteiger partial charge in [0.25, 0.3) is 5.91 Å². The molecule has 114 valence electrons. The minimum atomic E-state index is -0.451. The third-order valence-corrected chi connectivity index (χ3v) is 3.17. The molecule has 8 nitrogen and oxygen atoms in total. The summed E-state index contributed by atoms with van der Waals surface area (Å²) in [5.74, 6) is -0.587. The maximum atomic E-state index is 12.3. The van der Waals surface area contributed by atoms with Gasteiger partial charge in [-0.2, -0.15) is 0 Å². The van der Waals surface area contributed by atoms with Crippen molar-refractivity contribution >= 4 is 17.8 Å². The van der Waals surface area contributed by atoms with Crippen molar-refractivity contribution < 1.29 is 23.6 Å². The molecule has 1 fully saturated rings. The van der Waals surface area contributed by atoms with Gasteiger partial charge in [0.15, 0.2) is 5.69 Å². The number of aryl methyl sites for hydroxylation is 1. The van der Waals surface area contributed by atoms with Gasteiger partial charge in [0.2, 0.25) is 5.91 Å². The Morgan fingerprint density at radius 3 is 2.62 bits per heavy atom. The second kappa shape index (κ2) is 6.38. The smallest absolute Gasteiger partial charge is 0.306 e. The van der Waals surface area contributed by atoms with Crippen LogP contribution in [0.5, 0.6) is 0 Å². The zero-order chi connectivity index (χ0) is 15.4. The van der Waals surface area contributed by atoms with Crippen LogP contribution in [0.1, 0.15) is 35.5 Å². The number of hydrogen-bond acceptors (Lipinski definition) is 6. The standard InChI is InChI=1S/C13H17N3O5/c1-9-8-10(14-21-9)13(19)16-7-3-6-15(16)11(17)4-5-12(18)20-2/h8H,3-7H2,1-2H3. The molecule has 0 spiro atoms. The summed E-state index contributed by atoms with van der Waals surface area (Å²) >= 11 is 0. The summed E-state index contributed by atoms with van der Waals surface area (Å²) in [6, 6.07) is 1.53. The minimum absolute atomic E-state index is 0.00304. The van der Waals surface area contributed by atoms with Gasteiger partial charge < -0.3 is 9.26 Å². The third-order valence-electron chi connectivity index (χ3n) is 3.17. The number of esters is 1.